The molecule has 1 N–H and O–H groups in total. The minimum Gasteiger partial charge on any atom is -0.338 e. The molecule has 6 heteroatoms. The number of rotatable bonds is 4. The Hall–Kier alpha value is -2.47. The highest BCUT2D eigenvalue weighted by atomic mass is 32.1. The lowest BCUT2D eigenvalue weighted by Crippen LogP contribution is -2.31. The van der Waals surface area contributed by atoms with Gasteiger partial charge in [-0.05, 0) is 37.6 Å². The predicted octanol–water partition coefficient (Wildman–Crippen LogP) is 3.76. The minimum atomic E-state index is -0.521. The normalized spacial score (nSPS) is 12.2. The number of hydrogen-bond donors (Lipinski definition) is 1. The van der Waals surface area contributed by atoms with E-state index in [0.29, 0.717) is 17.0 Å². The van der Waals surface area contributed by atoms with Gasteiger partial charge in [0, 0.05) is 29.2 Å². The zero-order valence-corrected chi connectivity index (χ0v) is 14.5. The van der Waals surface area contributed by atoms with Crippen molar-refractivity contribution in [1.29, 1.82) is 0 Å². The Kier molecular flexibility index (Phi) is 4.49. The molecule has 0 spiro atoms. The Bertz CT molecular complexity index is 884. The van der Waals surface area contributed by atoms with Crippen molar-refractivity contribution in [1.82, 2.24) is 14.9 Å². The average Bonchev–Trinajstić information content (AvgIpc) is 3.10. The summed E-state index contributed by atoms with van der Waals surface area (Å²) < 4.78 is 15.5. The van der Waals surface area contributed by atoms with Crippen molar-refractivity contribution in [3.05, 3.63) is 75.2 Å². The zero-order chi connectivity index (χ0) is 17.3. The fourth-order valence-electron chi connectivity index (χ4n) is 2.70. The van der Waals surface area contributed by atoms with Crippen LogP contribution in [-0.2, 0) is 7.05 Å². The van der Waals surface area contributed by atoms with E-state index in [1.807, 2.05) is 31.5 Å². The van der Waals surface area contributed by atoms with Gasteiger partial charge in [0.25, 0.3) is 5.91 Å². The summed E-state index contributed by atoms with van der Waals surface area (Å²) >= 11 is 1.58. The summed E-state index contributed by atoms with van der Waals surface area (Å²) in [6, 6.07) is 7.57. The summed E-state index contributed by atoms with van der Waals surface area (Å²) in [5.41, 5.74) is 1.30. The Balaban J connectivity index is 1.98. The van der Waals surface area contributed by atoms with Crippen molar-refractivity contribution in [2.75, 3.05) is 0 Å². The van der Waals surface area contributed by atoms with Crippen molar-refractivity contribution in [3.8, 4) is 0 Å². The van der Waals surface area contributed by atoms with E-state index in [9.17, 15) is 9.18 Å². The number of halogens is 1. The van der Waals surface area contributed by atoms with Crippen LogP contribution in [0.2, 0.25) is 0 Å². The van der Waals surface area contributed by atoms with Crippen molar-refractivity contribution in [2.24, 2.45) is 7.05 Å². The molecule has 1 aromatic carbocycles. The zero-order valence-electron chi connectivity index (χ0n) is 13.7. The van der Waals surface area contributed by atoms with Crippen molar-refractivity contribution < 1.29 is 9.18 Å². The number of nitrogens with zero attached hydrogens (tertiary/aromatic N) is 2. The summed E-state index contributed by atoms with van der Waals surface area (Å²) in [7, 11) is 1.85. The largest absolute Gasteiger partial charge is 0.338 e. The second kappa shape index (κ2) is 6.57. The molecular formula is C18H18FN3OS. The summed E-state index contributed by atoms with van der Waals surface area (Å²) in [4.78, 5) is 19.1. The number of hydrogen-bond acceptors (Lipinski definition) is 3. The third-order valence-electron chi connectivity index (χ3n) is 3.86. The number of carbonyl (C=O) groups is 1. The van der Waals surface area contributed by atoms with Crippen LogP contribution < -0.4 is 5.32 Å². The number of benzene rings is 1. The summed E-state index contributed by atoms with van der Waals surface area (Å²) in [5, 5.41) is 2.99. The van der Waals surface area contributed by atoms with Gasteiger partial charge < -0.3 is 9.88 Å². The molecule has 0 fully saturated rings. The summed E-state index contributed by atoms with van der Waals surface area (Å²) in [6.45, 7) is 3.89. The summed E-state index contributed by atoms with van der Waals surface area (Å²) in [6.07, 6.45) is 3.46. The van der Waals surface area contributed by atoms with E-state index >= 15 is 0 Å². The molecule has 0 aliphatic carbocycles. The Morgan fingerprint density at radius 1 is 1.33 bits per heavy atom. The molecular weight excluding hydrogens is 325 g/mol. The molecule has 124 valence electrons. The van der Waals surface area contributed by atoms with Gasteiger partial charge in [-0.15, -0.1) is 11.3 Å². The standard InChI is InChI=1S/C18H18FN3OS/c1-11-9-15(12(2)24-11)18(23)21-16(17-20-7-8-22(17)3)13-5-4-6-14(19)10-13/h4-10,16H,1-3H3,(H,21,23)/t16-/m0/s1. The van der Waals surface area contributed by atoms with Gasteiger partial charge in [0.1, 0.15) is 17.7 Å². The Labute approximate surface area is 144 Å². The summed E-state index contributed by atoms with van der Waals surface area (Å²) in [5.74, 6) is 0.121. The first-order valence-electron chi connectivity index (χ1n) is 7.56. The van der Waals surface area contributed by atoms with E-state index in [2.05, 4.69) is 10.3 Å². The highest BCUT2D eigenvalue weighted by Gasteiger charge is 2.23. The topological polar surface area (TPSA) is 46.9 Å². The van der Waals surface area contributed by atoms with Crippen LogP contribution in [0.3, 0.4) is 0 Å². The van der Waals surface area contributed by atoms with E-state index in [1.165, 1.54) is 12.1 Å². The van der Waals surface area contributed by atoms with Gasteiger partial charge in [-0.3, -0.25) is 4.79 Å². The molecule has 3 rings (SSSR count). The molecule has 1 amide bonds. The quantitative estimate of drug-likeness (QED) is 0.784. The molecule has 0 aliphatic heterocycles. The van der Waals surface area contributed by atoms with Crippen molar-refractivity contribution >= 4 is 17.2 Å². The third kappa shape index (κ3) is 3.23. The maximum absolute atomic E-state index is 13.7. The van der Waals surface area contributed by atoms with E-state index in [4.69, 9.17) is 0 Å². The maximum Gasteiger partial charge on any atom is 0.253 e. The van der Waals surface area contributed by atoms with Gasteiger partial charge in [0.15, 0.2) is 0 Å². The molecule has 4 nitrogen and oxygen atoms in total. The smallest absolute Gasteiger partial charge is 0.253 e. The van der Waals surface area contributed by atoms with Crippen LogP contribution in [0.4, 0.5) is 4.39 Å². The first kappa shape index (κ1) is 16.4. The van der Waals surface area contributed by atoms with Crippen LogP contribution in [-0.4, -0.2) is 15.5 Å². The first-order chi connectivity index (χ1) is 11.5. The lowest BCUT2D eigenvalue weighted by Gasteiger charge is -2.19. The van der Waals surface area contributed by atoms with Gasteiger partial charge in [-0.1, -0.05) is 12.1 Å². The molecule has 0 saturated heterocycles. The average molecular weight is 343 g/mol. The van der Waals surface area contributed by atoms with Crippen LogP contribution >= 0.6 is 11.3 Å². The van der Waals surface area contributed by atoms with Crippen molar-refractivity contribution in [2.45, 2.75) is 19.9 Å². The Morgan fingerprint density at radius 3 is 2.71 bits per heavy atom. The van der Waals surface area contributed by atoms with E-state index in [0.717, 1.165) is 9.75 Å². The van der Waals surface area contributed by atoms with E-state index in [1.54, 1.807) is 35.9 Å². The number of carbonyl (C=O) groups excluding carboxylic acids is 1. The fraction of sp³-hybridized carbons (Fsp3) is 0.222. The number of aromatic nitrogens is 2. The van der Waals surface area contributed by atoms with E-state index in [-0.39, 0.29) is 11.7 Å². The second-order valence-corrected chi connectivity index (χ2v) is 7.15. The van der Waals surface area contributed by atoms with Gasteiger partial charge in [0.2, 0.25) is 0 Å². The molecule has 2 heterocycles. The van der Waals surface area contributed by atoms with Gasteiger partial charge >= 0.3 is 0 Å². The highest BCUT2D eigenvalue weighted by Crippen LogP contribution is 2.24. The fourth-order valence-corrected chi connectivity index (χ4v) is 3.62. The number of imidazole rings is 1. The van der Waals surface area contributed by atoms with Gasteiger partial charge in [0.05, 0.1) is 5.56 Å². The first-order valence-corrected chi connectivity index (χ1v) is 8.38. The molecule has 0 bridgehead atoms. The lowest BCUT2D eigenvalue weighted by atomic mass is 10.1. The van der Waals surface area contributed by atoms with Crippen LogP contribution in [0.1, 0.15) is 37.5 Å². The van der Waals surface area contributed by atoms with Gasteiger partial charge in [-0.25, -0.2) is 9.37 Å². The number of aryl methyl sites for hydroxylation is 3. The molecule has 2 aromatic heterocycles. The highest BCUT2D eigenvalue weighted by molar-refractivity contribution is 7.12. The SMILES string of the molecule is Cc1cc(C(=O)N[C@@H](c2cccc(F)c2)c2nccn2C)c(C)s1. The van der Waals surface area contributed by atoms with Crippen LogP contribution in [0.15, 0.2) is 42.7 Å². The van der Waals surface area contributed by atoms with Crippen LogP contribution in [0.25, 0.3) is 0 Å². The lowest BCUT2D eigenvalue weighted by molar-refractivity contribution is 0.0941. The van der Waals surface area contributed by atoms with Crippen LogP contribution in [0.5, 0.6) is 0 Å². The maximum atomic E-state index is 13.7. The van der Waals surface area contributed by atoms with Crippen molar-refractivity contribution in [3.63, 3.8) is 0 Å². The Morgan fingerprint density at radius 2 is 2.12 bits per heavy atom. The number of nitrogens with one attached hydrogen (secondary N) is 1. The molecule has 3 aromatic rings. The molecule has 0 saturated carbocycles. The second-order valence-electron chi connectivity index (χ2n) is 5.68. The van der Waals surface area contributed by atoms with E-state index < -0.39 is 6.04 Å². The van der Waals surface area contributed by atoms with Gasteiger partial charge in [-0.2, -0.15) is 0 Å². The minimum absolute atomic E-state index is 0.186. The molecule has 0 aliphatic rings. The third-order valence-corrected chi connectivity index (χ3v) is 4.83. The van der Waals surface area contributed by atoms with Crippen LogP contribution in [0, 0.1) is 19.7 Å². The number of amides is 1. The molecule has 0 unspecified atom stereocenters. The monoisotopic (exact) mass is 343 g/mol. The molecule has 0 radical (unpaired) electrons. The molecule has 24 heavy (non-hydrogen) atoms. The predicted molar refractivity (Wildman–Crippen MR) is 92.7 cm³/mol. The molecule has 1 atom stereocenters. The number of thiophene rings is 1.